The van der Waals surface area contributed by atoms with E-state index in [1.54, 1.807) is 30.3 Å². The van der Waals surface area contributed by atoms with Crippen molar-refractivity contribution in [2.45, 2.75) is 13.1 Å². The van der Waals surface area contributed by atoms with Crippen LogP contribution in [0.2, 0.25) is 0 Å². The van der Waals surface area contributed by atoms with Gasteiger partial charge in [-0.05, 0) is 70.8 Å². The van der Waals surface area contributed by atoms with Gasteiger partial charge in [0.25, 0.3) is 5.91 Å². The summed E-state index contributed by atoms with van der Waals surface area (Å²) in [6.07, 6.45) is -1.27. The lowest BCUT2D eigenvalue weighted by Gasteiger charge is -2.14. The minimum atomic E-state index is -1.27. The Balaban J connectivity index is 1.60. The van der Waals surface area contributed by atoms with Gasteiger partial charge in [0.15, 0.2) is 6.17 Å². The maximum Gasteiger partial charge on any atom is 0.255 e. The van der Waals surface area contributed by atoms with Crippen LogP contribution in [0, 0.1) is 6.92 Å². The Hall–Kier alpha value is -2.50. The summed E-state index contributed by atoms with van der Waals surface area (Å²) < 4.78 is 17.2. The van der Waals surface area contributed by atoms with Gasteiger partial charge in [0.2, 0.25) is 0 Å². The molecule has 5 heteroatoms. The van der Waals surface area contributed by atoms with Gasteiger partial charge in [-0.1, -0.05) is 74.3 Å². The highest BCUT2D eigenvalue weighted by Gasteiger charge is 2.16. The average molecular weight is 527 g/mol. The predicted octanol–water partition coefficient (Wildman–Crippen LogP) is 7.98. The van der Waals surface area contributed by atoms with Gasteiger partial charge in [0.1, 0.15) is 0 Å². The smallest absolute Gasteiger partial charge is 0.255 e. The Bertz CT molecular complexity index is 1240. The molecule has 0 spiro atoms. The minimum Gasteiger partial charge on any atom is -0.322 e. The van der Waals surface area contributed by atoms with Crippen LogP contribution >= 0.6 is 31.9 Å². The first kappa shape index (κ1) is 20.8. The van der Waals surface area contributed by atoms with Gasteiger partial charge in [0.05, 0.1) is 0 Å². The second-order valence-corrected chi connectivity index (χ2v) is 8.80. The monoisotopic (exact) mass is 525 g/mol. The first-order valence-corrected chi connectivity index (χ1v) is 11.0. The highest BCUT2D eigenvalue weighted by Crippen LogP contribution is 2.35. The lowest BCUT2D eigenvalue weighted by molar-refractivity contribution is 0.102. The normalized spacial score (nSPS) is 12.0. The Morgan fingerprint density at radius 1 is 0.833 bits per heavy atom. The molecule has 0 radical (unpaired) electrons. The first-order valence-electron chi connectivity index (χ1n) is 9.43. The highest BCUT2D eigenvalue weighted by atomic mass is 79.9. The number of aryl methyl sites for hydroxylation is 1. The van der Waals surface area contributed by atoms with Crippen molar-refractivity contribution in [2.75, 3.05) is 5.32 Å². The third kappa shape index (κ3) is 4.18. The Morgan fingerprint density at radius 3 is 2.17 bits per heavy atom. The van der Waals surface area contributed by atoms with E-state index in [0.29, 0.717) is 22.4 Å². The van der Waals surface area contributed by atoms with Crippen LogP contribution in [-0.2, 0) is 0 Å². The van der Waals surface area contributed by atoms with Crippen molar-refractivity contribution < 1.29 is 9.18 Å². The third-order valence-electron chi connectivity index (χ3n) is 5.05. The summed E-state index contributed by atoms with van der Waals surface area (Å²) in [5.41, 5.74) is 3.20. The van der Waals surface area contributed by atoms with Crippen LogP contribution in [0.1, 0.15) is 33.2 Å². The highest BCUT2D eigenvalue weighted by molar-refractivity contribution is 9.11. The molecule has 150 valence electrons. The molecule has 0 bridgehead atoms. The zero-order chi connectivity index (χ0) is 21.3. The molecule has 30 heavy (non-hydrogen) atoms. The van der Waals surface area contributed by atoms with Crippen LogP contribution in [0.5, 0.6) is 0 Å². The van der Waals surface area contributed by atoms with Gasteiger partial charge in [-0.3, -0.25) is 4.79 Å². The van der Waals surface area contributed by atoms with E-state index in [9.17, 15) is 4.79 Å². The molecule has 0 fully saturated rings. The number of hydrogen-bond donors (Lipinski definition) is 1. The van der Waals surface area contributed by atoms with Gasteiger partial charge in [-0.2, -0.15) is 0 Å². The van der Waals surface area contributed by atoms with Crippen LogP contribution in [0.4, 0.5) is 10.1 Å². The number of benzene rings is 4. The summed E-state index contributed by atoms with van der Waals surface area (Å²) in [6.45, 7) is 1.87. The molecule has 1 amide bonds. The zero-order valence-corrected chi connectivity index (χ0v) is 19.3. The molecule has 4 aromatic carbocycles. The van der Waals surface area contributed by atoms with E-state index in [1.165, 1.54) is 0 Å². The number of anilines is 1. The molecule has 4 aromatic rings. The van der Waals surface area contributed by atoms with Gasteiger partial charge >= 0.3 is 0 Å². The molecule has 0 aliphatic rings. The lowest BCUT2D eigenvalue weighted by Crippen LogP contribution is -2.12. The third-order valence-corrected chi connectivity index (χ3v) is 6.44. The topological polar surface area (TPSA) is 29.1 Å². The molecule has 0 heterocycles. The van der Waals surface area contributed by atoms with Crippen molar-refractivity contribution in [1.82, 2.24) is 0 Å². The summed E-state index contributed by atoms with van der Waals surface area (Å²) >= 11 is 7.09. The van der Waals surface area contributed by atoms with Crippen molar-refractivity contribution in [2.24, 2.45) is 0 Å². The van der Waals surface area contributed by atoms with Crippen molar-refractivity contribution in [3.8, 4) is 0 Å². The Kier molecular flexibility index (Phi) is 6.02. The maximum atomic E-state index is 15.4. The lowest BCUT2D eigenvalue weighted by atomic mass is 9.98. The van der Waals surface area contributed by atoms with Crippen LogP contribution < -0.4 is 5.32 Å². The van der Waals surface area contributed by atoms with Crippen molar-refractivity contribution in [1.29, 1.82) is 0 Å². The molecule has 0 aromatic heterocycles. The largest absolute Gasteiger partial charge is 0.322 e. The van der Waals surface area contributed by atoms with Gasteiger partial charge in [-0.15, -0.1) is 0 Å². The predicted molar refractivity (Wildman–Crippen MR) is 128 cm³/mol. The fourth-order valence-electron chi connectivity index (χ4n) is 3.41. The van der Waals surface area contributed by atoms with Gasteiger partial charge < -0.3 is 5.32 Å². The molecule has 0 aliphatic heterocycles. The molecular formula is C25H18Br2FNO. The van der Waals surface area contributed by atoms with Crippen LogP contribution in [-0.4, -0.2) is 5.91 Å². The minimum absolute atomic E-state index is 0.187. The van der Waals surface area contributed by atoms with Crippen molar-refractivity contribution >= 4 is 54.2 Å². The number of carbonyl (C=O) groups is 1. The van der Waals surface area contributed by atoms with E-state index in [0.717, 1.165) is 25.3 Å². The fourth-order valence-corrected chi connectivity index (χ4v) is 4.35. The summed E-state index contributed by atoms with van der Waals surface area (Å²) in [6, 6.07) is 23.8. The maximum absolute atomic E-state index is 15.4. The zero-order valence-electron chi connectivity index (χ0n) is 16.1. The van der Waals surface area contributed by atoms with E-state index in [-0.39, 0.29) is 5.91 Å². The molecule has 0 saturated carbocycles. The second-order valence-electron chi connectivity index (χ2n) is 7.09. The quantitative estimate of drug-likeness (QED) is 0.287. The van der Waals surface area contributed by atoms with E-state index in [4.69, 9.17) is 0 Å². The fraction of sp³-hybridized carbons (Fsp3) is 0.0800. The summed E-state index contributed by atoms with van der Waals surface area (Å²) in [4.78, 5) is 12.4. The standard InChI is InChI=1S/C25H18Br2FNO/c1-15-13-17(8-12-23(15)29-25(30)16-5-3-2-4-6-16)24(28)18-7-9-19-20(14-18)22(27)11-10-21(19)26/h2-14,24H,1H3,(H,29,30). The van der Waals surface area contributed by atoms with Gasteiger partial charge in [-0.25, -0.2) is 4.39 Å². The number of rotatable bonds is 4. The SMILES string of the molecule is Cc1cc(C(F)c2ccc3c(Br)ccc(Br)c3c2)ccc1NC(=O)c1ccccc1. The number of hydrogen-bond acceptors (Lipinski definition) is 1. The van der Waals surface area contributed by atoms with Crippen LogP contribution in [0.3, 0.4) is 0 Å². The number of fused-ring (bicyclic) bond motifs is 1. The molecule has 0 aliphatic carbocycles. The molecule has 0 saturated heterocycles. The molecule has 2 nitrogen and oxygen atoms in total. The molecular weight excluding hydrogens is 509 g/mol. The Labute approximate surface area is 191 Å². The summed E-state index contributed by atoms with van der Waals surface area (Å²) in [5, 5.41) is 4.87. The molecule has 4 rings (SSSR count). The van der Waals surface area contributed by atoms with Crippen LogP contribution in [0.25, 0.3) is 10.8 Å². The molecule has 1 atom stereocenters. The number of alkyl halides is 1. The van der Waals surface area contributed by atoms with E-state index in [2.05, 4.69) is 37.2 Å². The molecule has 1 N–H and O–H groups in total. The summed E-state index contributed by atoms with van der Waals surface area (Å²) in [7, 11) is 0. The number of nitrogens with one attached hydrogen (secondary N) is 1. The number of halogens is 3. The first-order chi connectivity index (χ1) is 14.4. The summed E-state index contributed by atoms with van der Waals surface area (Å²) in [5.74, 6) is -0.187. The number of amides is 1. The van der Waals surface area contributed by atoms with Crippen LogP contribution in [0.15, 0.2) is 87.8 Å². The van der Waals surface area contributed by atoms with E-state index >= 15 is 4.39 Å². The van der Waals surface area contributed by atoms with Crippen molar-refractivity contribution in [3.63, 3.8) is 0 Å². The molecule has 1 unspecified atom stereocenters. The van der Waals surface area contributed by atoms with E-state index < -0.39 is 6.17 Å². The van der Waals surface area contributed by atoms with E-state index in [1.807, 2.05) is 55.5 Å². The van der Waals surface area contributed by atoms with Crippen molar-refractivity contribution in [3.05, 3.63) is 110 Å². The van der Waals surface area contributed by atoms with Gasteiger partial charge in [0, 0.05) is 20.2 Å². The number of carbonyl (C=O) groups excluding carboxylic acids is 1. The average Bonchev–Trinajstić information content (AvgIpc) is 2.77. The second kappa shape index (κ2) is 8.70. The Morgan fingerprint density at radius 2 is 1.47 bits per heavy atom.